The summed E-state index contributed by atoms with van der Waals surface area (Å²) in [6.07, 6.45) is 4.96. The number of fused-ring (bicyclic) bond motifs is 1. The zero-order valence-electron chi connectivity index (χ0n) is 14.4. The third-order valence-electron chi connectivity index (χ3n) is 4.72. The zero-order chi connectivity index (χ0) is 17.1. The van der Waals surface area contributed by atoms with Crippen molar-refractivity contribution in [3.8, 4) is 11.4 Å². The highest BCUT2D eigenvalue weighted by molar-refractivity contribution is 5.54. The van der Waals surface area contributed by atoms with Crippen molar-refractivity contribution < 1.29 is 4.52 Å². The molecule has 0 amide bonds. The van der Waals surface area contributed by atoms with Crippen LogP contribution in [0.5, 0.6) is 0 Å². The van der Waals surface area contributed by atoms with E-state index >= 15 is 0 Å². The van der Waals surface area contributed by atoms with Gasteiger partial charge in [-0.3, -0.25) is 0 Å². The van der Waals surface area contributed by atoms with Gasteiger partial charge >= 0.3 is 0 Å². The van der Waals surface area contributed by atoms with Crippen LogP contribution in [0.25, 0.3) is 11.4 Å². The Labute approximate surface area is 146 Å². The molecule has 2 aromatic heterocycles. The van der Waals surface area contributed by atoms with Crippen LogP contribution in [-0.2, 0) is 25.9 Å². The molecule has 0 radical (unpaired) electrons. The molecule has 1 aliphatic rings. The van der Waals surface area contributed by atoms with E-state index in [9.17, 15) is 0 Å². The Morgan fingerprint density at radius 2 is 2.16 bits per heavy atom. The molecule has 4 rings (SSSR count). The normalized spacial score (nSPS) is 16.8. The number of aromatic nitrogens is 5. The minimum absolute atomic E-state index is 0.576. The number of benzene rings is 1. The van der Waals surface area contributed by atoms with Gasteiger partial charge in [0.2, 0.25) is 11.7 Å². The molecule has 0 fully saturated rings. The van der Waals surface area contributed by atoms with Gasteiger partial charge in [0, 0.05) is 25.1 Å². The monoisotopic (exact) mass is 338 g/mol. The van der Waals surface area contributed by atoms with Crippen molar-refractivity contribution in [2.24, 2.45) is 5.92 Å². The fraction of sp³-hybridized carbons (Fsp3) is 0.444. The highest BCUT2D eigenvalue weighted by Gasteiger charge is 2.19. The second kappa shape index (κ2) is 7.14. The maximum atomic E-state index is 5.36. The molecule has 0 unspecified atom stereocenters. The summed E-state index contributed by atoms with van der Waals surface area (Å²) in [7, 11) is 0. The number of nitrogens with one attached hydrogen (secondary N) is 1. The van der Waals surface area contributed by atoms with E-state index in [0.717, 1.165) is 43.7 Å². The molecule has 130 valence electrons. The highest BCUT2D eigenvalue weighted by Crippen LogP contribution is 2.18. The van der Waals surface area contributed by atoms with Gasteiger partial charge in [-0.25, -0.2) is 0 Å². The molecule has 0 saturated heterocycles. The van der Waals surface area contributed by atoms with E-state index in [1.807, 2.05) is 18.5 Å². The number of hydrogen-bond acceptors (Lipinski definition) is 6. The molecule has 7 nitrogen and oxygen atoms in total. The lowest BCUT2D eigenvalue weighted by Crippen LogP contribution is -2.29. The van der Waals surface area contributed by atoms with E-state index in [-0.39, 0.29) is 0 Å². The summed E-state index contributed by atoms with van der Waals surface area (Å²) >= 11 is 0. The summed E-state index contributed by atoms with van der Waals surface area (Å²) in [6.45, 7) is 4.61. The third-order valence-corrected chi connectivity index (χ3v) is 4.72. The largest absolute Gasteiger partial charge is 0.338 e. The van der Waals surface area contributed by atoms with Crippen LogP contribution in [0.4, 0.5) is 0 Å². The van der Waals surface area contributed by atoms with Crippen molar-refractivity contribution in [3.05, 3.63) is 47.9 Å². The lowest BCUT2D eigenvalue weighted by molar-refractivity contribution is 0.327. The van der Waals surface area contributed by atoms with Crippen LogP contribution in [0.15, 0.2) is 35.1 Å². The first-order valence-electron chi connectivity index (χ1n) is 8.81. The predicted octanol–water partition coefficient (Wildman–Crippen LogP) is 2.24. The van der Waals surface area contributed by atoms with Crippen molar-refractivity contribution in [2.45, 2.75) is 39.3 Å². The fourth-order valence-electron chi connectivity index (χ4n) is 3.21. The van der Waals surface area contributed by atoms with Gasteiger partial charge in [-0.15, -0.1) is 10.2 Å². The van der Waals surface area contributed by atoms with E-state index in [4.69, 9.17) is 4.52 Å². The van der Waals surface area contributed by atoms with Crippen molar-refractivity contribution >= 4 is 0 Å². The fourth-order valence-corrected chi connectivity index (χ4v) is 3.21. The first-order chi connectivity index (χ1) is 12.3. The number of nitrogens with zero attached hydrogens (tertiary/aromatic N) is 5. The second-order valence-electron chi connectivity index (χ2n) is 6.50. The molecular formula is C18H22N6O. The lowest BCUT2D eigenvalue weighted by atomic mass is 9.99. The van der Waals surface area contributed by atoms with Crippen molar-refractivity contribution in [1.82, 2.24) is 30.2 Å². The van der Waals surface area contributed by atoms with E-state index in [0.29, 0.717) is 24.2 Å². The molecular weight excluding hydrogens is 316 g/mol. The molecule has 1 atom stereocenters. The summed E-state index contributed by atoms with van der Waals surface area (Å²) < 4.78 is 7.50. The molecule has 0 bridgehead atoms. The minimum Gasteiger partial charge on any atom is -0.338 e. The van der Waals surface area contributed by atoms with Gasteiger partial charge in [0.25, 0.3) is 0 Å². The predicted molar refractivity (Wildman–Crippen MR) is 92.7 cm³/mol. The SMILES string of the molecule is CCc1ccc(-c2noc(CNC[C@H]3CCc4nncn4C3)n2)cc1. The van der Waals surface area contributed by atoms with Crippen LogP contribution < -0.4 is 5.32 Å². The van der Waals surface area contributed by atoms with Gasteiger partial charge in [0.05, 0.1) is 6.54 Å². The van der Waals surface area contributed by atoms with E-state index in [1.165, 1.54) is 5.56 Å². The van der Waals surface area contributed by atoms with Crippen LogP contribution in [0.1, 0.15) is 30.6 Å². The zero-order valence-corrected chi connectivity index (χ0v) is 14.4. The summed E-state index contributed by atoms with van der Waals surface area (Å²) in [5.74, 6) is 2.93. The molecule has 0 spiro atoms. The van der Waals surface area contributed by atoms with Gasteiger partial charge in [0.15, 0.2) is 0 Å². The smallest absolute Gasteiger partial charge is 0.240 e. The van der Waals surface area contributed by atoms with Gasteiger partial charge in [-0.2, -0.15) is 4.98 Å². The Hall–Kier alpha value is -2.54. The van der Waals surface area contributed by atoms with E-state index in [2.05, 4.69) is 49.3 Å². The van der Waals surface area contributed by atoms with Crippen molar-refractivity contribution in [2.75, 3.05) is 6.54 Å². The number of aryl methyl sites for hydroxylation is 2. The lowest BCUT2D eigenvalue weighted by Gasteiger charge is -2.22. The van der Waals surface area contributed by atoms with Crippen molar-refractivity contribution in [3.63, 3.8) is 0 Å². The van der Waals surface area contributed by atoms with E-state index in [1.54, 1.807) is 0 Å². The average Bonchev–Trinajstić information content (AvgIpc) is 3.31. The molecule has 3 heterocycles. The summed E-state index contributed by atoms with van der Waals surface area (Å²) in [4.78, 5) is 4.48. The Morgan fingerprint density at radius 3 is 3.00 bits per heavy atom. The Bertz CT molecular complexity index is 822. The van der Waals surface area contributed by atoms with Crippen LogP contribution in [0, 0.1) is 5.92 Å². The van der Waals surface area contributed by atoms with Gasteiger partial charge in [0.1, 0.15) is 12.2 Å². The summed E-state index contributed by atoms with van der Waals surface area (Å²) in [5, 5.41) is 15.6. The number of rotatable bonds is 6. The molecule has 25 heavy (non-hydrogen) atoms. The van der Waals surface area contributed by atoms with Gasteiger partial charge in [-0.1, -0.05) is 36.3 Å². The highest BCUT2D eigenvalue weighted by atomic mass is 16.5. The second-order valence-corrected chi connectivity index (χ2v) is 6.50. The summed E-state index contributed by atoms with van der Waals surface area (Å²) in [6, 6.07) is 8.29. The molecule has 7 heteroatoms. The average molecular weight is 338 g/mol. The number of hydrogen-bond donors (Lipinski definition) is 1. The van der Waals surface area contributed by atoms with E-state index < -0.39 is 0 Å². The first kappa shape index (κ1) is 16.0. The maximum absolute atomic E-state index is 5.36. The minimum atomic E-state index is 0.576. The Kier molecular flexibility index (Phi) is 4.56. The first-order valence-corrected chi connectivity index (χ1v) is 8.81. The van der Waals surface area contributed by atoms with Crippen LogP contribution in [-0.4, -0.2) is 31.4 Å². The van der Waals surface area contributed by atoms with Crippen LogP contribution in [0.2, 0.25) is 0 Å². The molecule has 0 saturated carbocycles. The van der Waals surface area contributed by atoms with Gasteiger partial charge in [-0.05, 0) is 24.3 Å². The van der Waals surface area contributed by atoms with Crippen LogP contribution >= 0.6 is 0 Å². The summed E-state index contributed by atoms with van der Waals surface area (Å²) in [5.41, 5.74) is 2.29. The molecule has 3 aromatic rings. The third kappa shape index (κ3) is 3.61. The Balaban J connectivity index is 1.30. The quantitative estimate of drug-likeness (QED) is 0.742. The molecule has 1 N–H and O–H groups in total. The van der Waals surface area contributed by atoms with Crippen molar-refractivity contribution in [1.29, 1.82) is 0 Å². The van der Waals surface area contributed by atoms with Crippen LogP contribution in [0.3, 0.4) is 0 Å². The standard InChI is InChI=1S/C18H22N6O/c1-2-13-3-6-15(7-4-13)18-21-17(25-23-18)10-19-9-14-5-8-16-22-20-12-24(16)11-14/h3-4,6-7,12,14,19H,2,5,8-11H2,1H3/t14-/m1/s1. The molecule has 1 aromatic carbocycles. The Morgan fingerprint density at radius 1 is 1.28 bits per heavy atom. The van der Waals surface area contributed by atoms with Gasteiger partial charge < -0.3 is 14.4 Å². The molecule has 1 aliphatic heterocycles. The topological polar surface area (TPSA) is 81.7 Å². The maximum Gasteiger partial charge on any atom is 0.240 e. The molecule has 0 aliphatic carbocycles.